The molecule has 2 aliphatic rings. The van der Waals surface area contributed by atoms with Crippen LogP contribution in [0.1, 0.15) is 12.0 Å². The molecule has 5 heteroatoms. The van der Waals surface area contributed by atoms with Crippen LogP contribution < -0.4 is 4.90 Å². The largest absolute Gasteiger partial charge is 0.274 e. The van der Waals surface area contributed by atoms with Crippen LogP contribution in [-0.4, -0.2) is 11.8 Å². The van der Waals surface area contributed by atoms with E-state index < -0.39 is 5.82 Å². The predicted octanol–water partition coefficient (Wildman–Crippen LogP) is 1.21. The number of hydrogen-bond donors (Lipinski definition) is 0. The number of imide groups is 1. The minimum absolute atomic E-state index is 0.0498. The Morgan fingerprint density at radius 3 is 2.47 bits per heavy atom. The number of carbonyl (C=O) groups is 2. The first kappa shape index (κ1) is 9.97. The molecule has 1 aliphatic heterocycles. The van der Waals surface area contributed by atoms with Crippen molar-refractivity contribution >= 4 is 17.5 Å². The van der Waals surface area contributed by atoms with Gasteiger partial charge in [0, 0.05) is 0 Å². The van der Waals surface area contributed by atoms with Gasteiger partial charge in [0.1, 0.15) is 5.82 Å². The number of carbonyl (C=O) groups excluding carboxylic acids is 2. The second-order valence-corrected chi connectivity index (χ2v) is 4.24. The third-order valence-corrected chi connectivity index (χ3v) is 3.18. The van der Waals surface area contributed by atoms with Crippen LogP contribution in [0.15, 0.2) is 18.2 Å². The van der Waals surface area contributed by atoms with Gasteiger partial charge in [0.15, 0.2) is 0 Å². The highest BCUT2D eigenvalue weighted by Crippen LogP contribution is 2.48. The fourth-order valence-corrected chi connectivity index (χ4v) is 2.18. The first-order valence-corrected chi connectivity index (χ1v) is 5.21. The molecule has 2 unspecified atom stereocenters. The third-order valence-electron chi connectivity index (χ3n) is 3.18. The molecule has 0 spiro atoms. The van der Waals surface area contributed by atoms with Gasteiger partial charge >= 0.3 is 0 Å². The number of rotatable bonds is 1. The Bertz CT molecular complexity index is 571. The summed E-state index contributed by atoms with van der Waals surface area (Å²) in [6.45, 7) is 0. The molecular formula is C12H7FN2O2. The molecule has 2 amide bonds. The van der Waals surface area contributed by atoms with Crippen LogP contribution in [0.4, 0.5) is 10.1 Å². The molecule has 0 N–H and O–H groups in total. The lowest BCUT2D eigenvalue weighted by molar-refractivity contribution is -0.123. The lowest BCUT2D eigenvalue weighted by atomic mass is 10.2. The molecule has 1 saturated heterocycles. The normalized spacial score (nSPS) is 25.8. The van der Waals surface area contributed by atoms with Crippen LogP contribution in [-0.2, 0) is 9.59 Å². The van der Waals surface area contributed by atoms with Crippen LogP contribution >= 0.6 is 0 Å². The Balaban J connectivity index is 2.03. The highest BCUT2D eigenvalue weighted by atomic mass is 19.1. The van der Waals surface area contributed by atoms with E-state index >= 15 is 0 Å². The second-order valence-electron chi connectivity index (χ2n) is 4.24. The summed E-state index contributed by atoms with van der Waals surface area (Å²) in [5, 5.41) is 8.61. The fraction of sp³-hybridized carbons (Fsp3) is 0.250. The standard InChI is InChI=1S/C12H7FN2O2/c13-9-3-6(5-14)1-2-10(9)15-11(16)7-4-8(7)12(15)17/h1-3,7-8H,4H2. The molecule has 1 aliphatic carbocycles. The molecule has 1 saturated carbocycles. The zero-order valence-corrected chi connectivity index (χ0v) is 8.68. The maximum absolute atomic E-state index is 13.7. The van der Waals surface area contributed by atoms with Gasteiger partial charge in [-0.05, 0) is 24.6 Å². The average Bonchev–Trinajstić information content (AvgIpc) is 3.06. The smallest absolute Gasteiger partial charge is 0.237 e. The van der Waals surface area contributed by atoms with Crippen molar-refractivity contribution in [3.63, 3.8) is 0 Å². The maximum atomic E-state index is 13.7. The monoisotopic (exact) mass is 230 g/mol. The van der Waals surface area contributed by atoms with Crippen molar-refractivity contribution in [2.75, 3.05) is 4.90 Å². The van der Waals surface area contributed by atoms with Gasteiger partial charge in [-0.1, -0.05) is 0 Å². The molecule has 0 radical (unpaired) electrons. The molecule has 0 bridgehead atoms. The quantitative estimate of drug-likeness (QED) is 0.681. The summed E-state index contributed by atoms with van der Waals surface area (Å²) in [6.07, 6.45) is 0.589. The van der Waals surface area contributed by atoms with Gasteiger partial charge in [0.05, 0.1) is 29.2 Å². The zero-order chi connectivity index (χ0) is 12.2. The molecule has 2 fully saturated rings. The van der Waals surface area contributed by atoms with Crippen molar-refractivity contribution in [3.8, 4) is 6.07 Å². The summed E-state index contributed by atoms with van der Waals surface area (Å²) >= 11 is 0. The van der Waals surface area contributed by atoms with Crippen LogP contribution in [0.3, 0.4) is 0 Å². The lowest BCUT2D eigenvalue weighted by Gasteiger charge is -2.16. The van der Waals surface area contributed by atoms with Gasteiger partial charge < -0.3 is 0 Å². The zero-order valence-electron chi connectivity index (χ0n) is 8.68. The summed E-state index contributed by atoms with van der Waals surface area (Å²) in [5.74, 6) is -1.88. The number of piperidine rings is 1. The first-order valence-electron chi connectivity index (χ1n) is 5.21. The van der Waals surface area contributed by atoms with E-state index in [4.69, 9.17) is 5.26 Å². The molecule has 2 atom stereocenters. The van der Waals surface area contributed by atoms with Crippen molar-refractivity contribution in [2.45, 2.75) is 6.42 Å². The van der Waals surface area contributed by atoms with E-state index in [1.165, 1.54) is 12.1 Å². The van der Waals surface area contributed by atoms with Gasteiger partial charge in [-0.15, -0.1) is 0 Å². The molecule has 1 aromatic carbocycles. The number of anilines is 1. The van der Waals surface area contributed by atoms with Crippen molar-refractivity contribution in [3.05, 3.63) is 29.6 Å². The Morgan fingerprint density at radius 2 is 1.94 bits per heavy atom. The molecule has 1 heterocycles. The Morgan fingerprint density at radius 1 is 1.29 bits per heavy atom. The molecule has 17 heavy (non-hydrogen) atoms. The highest BCUT2D eigenvalue weighted by Gasteiger charge is 2.59. The van der Waals surface area contributed by atoms with Gasteiger partial charge in [0.25, 0.3) is 0 Å². The van der Waals surface area contributed by atoms with E-state index in [9.17, 15) is 14.0 Å². The molecule has 1 aromatic rings. The number of amides is 2. The fourth-order valence-electron chi connectivity index (χ4n) is 2.18. The number of nitrogens with zero attached hydrogens (tertiary/aromatic N) is 2. The summed E-state index contributed by atoms with van der Waals surface area (Å²) in [7, 11) is 0. The van der Waals surface area contributed by atoms with Gasteiger partial charge in [-0.25, -0.2) is 9.29 Å². The van der Waals surface area contributed by atoms with Crippen molar-refractivity contribution in [2.24, 2.45) is 11.8 Å². The summed E-state index contributed by atoms with van der Waals surface area (Å²) < 4.78 is 13.7. The van der Waals surface area contributed by atoms with E-state index in [1.807, 2.05) is 0 Å². The van der Waals surface area contributed by atoms with E-state index in [-0.39, 0.29) is 34.9 Å². The van der Waals surface area contributed by atoms with E-state index in [2.05, 4.69) is 0 Å². The van der Waals surface area contributed by atoms with E-state index in [0.717, 1.165) is 11.0 Å². The van der Waals surface area contributed by atoms with Gasteiger partial charge in [0.2, 0.25) is 11.8 Å². The number of fused-ring (bicyclic) bond motifs is 1. The number of hydrogen-bond acceptors (Lipinski definition) is 3. The predicted molar refractivity (Wildman–Crippen MR) is 55.2 cm³/mol. The van der Waals surface area contributed by atoms with Crippen LogP contribution in [0, 0.1) is 29.0 Å². The van der Waals surface area contributed by atoms with Crippen molar-refractivity contribution in [1.29, 1.82) is 5.26 Å². The Kier molecular flexibility index (Phi) is 1.84. The first-order chi connectivity index (χ1) is 8.13. The van der Waals surface area contributed by atoms with Crippen LogP contribution in [0.5, 0.6) is 0 Å². The summed E-state index contributed by atoms with van der Waals surface area (Å²) in [6, 6.07) is 5.52. The summed E-state index contributed by atoms with van der Waals surface area (Å²) in [4.78, 5) is 24.4. The Hall–Kier alpha value is -2.22. The van der Waals surface area contributed by atoms with Crippen molar-refractivity contribution < 1.29 is 14.0 Å². The van der Waals surface area contributed by atoms with E-state index in [1.54, 1.807) is 6.07 Å². The topological polar surface area (TPSA) is 61.2 Å². The van der Waals surface area contributed by atoms with Gasteiger partial charge in [-0.2, -0.15) is 5.26 Å². The van der Waals surface area contributed by atoms with Crippen LogP contribution in [0.25, 0.3) is 0 Å². The maximum Gasteiger partial charge on any atom is 0.237 e. The van der Waals surface area contributed by atoms with Crippen LogP contribution in [0.2, 0.25) is 0 Å². The summed E-state index contributed by atoms with van der Waals surface area (Å²) in [5.41, 5.74) is 0.113. The number of benzene rings is 1. The van der Waals surface area contributed by atoms with Gasteiger partial charge in [-0.3, -0.25) is 9.59 Å². The molecule has 4 nitrogen and oxygen atoms in total. The number of halogens is 1. The molecule has 84 valence electrons. The highest BCUT2D eigenvalue weighted by molar-refractivity contribution is 6.24. The lowest BCUT2D eigenvalue weighted by Crippen LogP contribution is -2.33. The van der Waals surface area contributed by atoms with E-state index in [0.29, 0.717) is 6.42 Å². The Labute approximate surface area is 96.3 Å². The van der Waals surface area contributed by atoms with Crippen molar-refractivity contribution in [1.82, 2.24) is 0 Å². The minimum Gasteiger partial charge on any atom is -0.274 e. The molecular weight excluding hydrogens is 223 g/mol. The second kappa shape index (κ2) is 3.14. The molecule has 0 aromatic heterocycles. The SMILES string of the molecule is N#Cc1ccc(N2C(=O)C3CC3C2=O)c(F)c1. The average molecular weight is 230 g/mol. The minimum atomic E-state index is -0.716. The third kappa shape index (κ3) is 1.27. The molecule has 3 rings (SSSR count). The number of nitriles is 1.